The van der Waals surface area contributed by atoms with E-state index in [2.05, 4.69) is 15.5 Å². The molecule has 0 saturated heterocycles. The summed E-state index contributed by atoms with van der Waals surface area (Å²) in [6, 6.07) is 13.7. The molecule has 0 fully saturated rings. The Kier molecular flexibility index (Phi) is 5.32. The third kappa shape index (κ3) is 3.85. The van der Waals surface area contributed by atoms with Crippen molar-refractivity contribution in [2.45, 2.75) is 24.3 Å². The predicted octanol–water partition coefficient (Wildman–Crippen LogP) is 4.21. The van der Waals surface area contributed by atoms with Crippen molar-refractivity contribution in [2.75, 3.05) is 11.1 Å². The van der Waals surface area contributed by atoms with Crippen LogP contribution in [0.4, 0.5) is 5.13 Å². The molecule has 1 atom stereocenters. The number of thioether (sulfide) groups is 1. The molecule has 0 aliphatic heterocycles. The van der Waals surface area contributed by atoms with E-state index in [4.69, 9.17) is 4.74 Å². The molecule has 0 saturated carbocycles. The van der Waals surface area contributed by atoms with Gasteiger partial charge in [-0.3, -0.25) is 10.1 Å². The van der Waals surface area contributed by atoms with Gasteiger partial charge >= 0.3 is 0 Å². The lowest BCUT2D eigenvalue weighted by atomic mass is 10.1. The van der Waals surface area contributed by atoms with Gasteiger partial charge in [-0.1, -0.05) is 66.4 Å². The number of ether oxygens (including phenoxy) is 1. The van der Waals surface area contributed by atoms with Crippen LogP contribution < -0.4 is 10.1 Å². The molecule has 24 heavy (non-hydrogen) atoms. The molecule has 3 aromatic rings. The highest BCUT2D eigenvalue weighted by Gasteiger charge is 2.18. The maximum Gasteiger partial charge on any atom is 0.266 e. The predicted molar refractivity (Wildman–Crippen MR) is 99.0 cm³/mol. The summed E-state index contributed by atoms with van der Waals surface area (Å²) in [7, 11) is 0. The van der Waals surface area contributed by atoms with Crippen LogP contribution in [0.2, 0.25) is 0 Å². The topological polar surface area (TPSA) is 64.1 Å². The SMILES string of the molecule is CCSc1nnc(NC(=O)C(C)Oc2cccc3ccccc23)s1. The van der Waals surface area contributed by atoms with Crippen molar-refractivity contribution in [3.05, 3.63) is 42.5 Å². The minimum Gasteiger partial charge on any atom is -0.480 e. The summed E-state index contributed by atoms with van der Waals surface area (Å²) in [5.41, 5.74) is 0. The van der Waals surface area contributed by atoms with Crippen LogP contribution in [0.5, 0.6) is 5.75 Å². The van der Waals surface area contributed by atoms with Crippen molar-refractivity contribution in [2.24, 2.45) is 0 Å². The number of nitrogens with zero attached hydrogens (tertiary/aromatic N) is 2. The normalized spacial score (nSPS) is 12.1. The highest BCUT2D eigenvalue weighted by atomic mass is 32.2. The maximum atomic E-state index is 12.3. The highest BCUT2D eigenvalue weighted by molar-refractivity contribution is 8.01. The number of hydrogen-bond donors (Lipinski definition) is 1. The van der Waals surface area contributed by atoms with E-state index in [1.165, 1.54) is 11.3 Å². The Bertz CT molecular complexity index is 845. The van der Waals surface area contributed by atoms with Crippen LogP contribution in [-0.2, 0) is 4.79 Å². The van der Waals surface area contributed by atoms with E-state index in [1.54, 1.807) is 18.7 Å². The fourth-order valence-corrected chi connectivity index (χ4v) is 3.84. The molecule has 1 N–H and O–H groups in total. The molecule has 1 heterocycles. The summed E-state index contributed by atoms with van der Waals surface area (Å²) < 4.78 is 6.70. The van der Waals surface area contributed by atoms with Crippen LogP contribution in [0, 0.1) is 0 Å². The lowest BCUT2D eigenvalue weighted by Crippen LogP contribution is -2.30. The number of hydrogen-bond acceptors (Lipinski definition) is 6. The van der Waals surface area contributed by atoms with E-state index in [0.717, 1.165) is 20.9 Å². The maximum absolute atomic E-state index is 12.3. The second-order valence-corrected chi connectivity index (χ2v) is 7.52. The molecule has 1 amide bonds. The van der Waals surface area contributed by atoms with Crippen molar-refractivity contribution >= 4 is 44.9 Å². The van der Waals surface area contributed by atoms with Gasteiger partial charge in [-0.15, -0.1) is 10.2 Å². The van der Waals surface area contributed by atoms with Crippen LogP contribution in [0.3, 0.4) is 0 Å². The molecule has 2 aromatic carbocycles. The minimum atomic E-state index is -0.637. The quantitative estimate of drug-likeness (QED) is 0.528. The molecule has 3 rings (SSSR count). The van der Waals surface area contributed by atoms with Gasteiger partial charge in [0.25, 0.3) is 5.91 Å². The Balaban J connectivity index is 1.69. The third-order valence-corrected chi connectivity index (χ3v) is 5.18. The molecule has 0 aliphatic rings. The van der Waals surface area contributed by atoms with E-state index >= 15 is 0 Å². The summed E-state index contributed by atoms with van der Waals surface area (Å²) in [4.78, 5) is 12.3. The van der Waals surface area contributed by atoms with Gasteiger partial charge in [0.15, 0.2) is 10.4 Å². The number of anilines is 1. The second kappa shape index (κ2) is 7.63. The Morgan fingerprint density at radius 2 is 2.04 bits per heavy atom. The average Bonchev–Trinajstić information content (AvgIpc) is 3.02. The Morgan fingerprint density at radius 3 is 2.88 bits per heavy atom. The van der Waals surface area contributed by atoms with E-state index in [0.29, 0.717) is 10.9 Å². The molecular formula is C17H17N3O2S2. The molecule has 7 heteroatoms. The Morgan fingerprint density at radius 1 is 1.25 bits per heavy atom. The lowest BCUT2D eigenvalue weighted by Gasteiger charge is -2.15. The number of rotatable bonds is 6. The minimum absolute atomic E-state index is 0.243. The molecule has 124 valence electrons. The second-order valence-electron chi connectivity index (χ2n) is 5.03. The van der Waals surface area contributed by atoms with Crippen molar-refractivity contribution in [3.63, 3.8) is 0 Å². The van der Waals surface area contributed by atoms with Gasteiger partial charge in [-0.05, 0) is 24.1 Å². The van der Waals surface area contributed by atoms with Crippen LogP contribution in [0.15, 0.2) is 46.8 Å². The molecule has 0 radical (unpaired) electrons. The first-order valence-corrected chi connectivity index (χ1v) is 9.39. The largest absolute Gasteiger partial charge is 0.480 e. The standard InChI is InChI=1S/C17H17N3O2S2/c1-3-23-17-20-19-16(24-17)18-15(21)11(2)22-14-10-6-8-12-7-4-5-9-13(12)14/h4-11H,3H2,1-2H3,(H,18,19,21). The fraction of sp³-hybridized carbons (Fsp3) is 0.235. The molecule has 0 aliphatic carbocycles. The zero-order valence-electron chi connectivity index (χ0n) is 13.4. The van der Waals surface area contributed by atoms with Gasteiger partial charge in [0.2, 0.25) is 5.13 Å². The monoisotopic (exact) mass is 359 g/mol. The molecule has 0 bridgehead atoms. The highest BCUT2D eigenvalue weighted by Crippen LogP contribution is 2.27. The van der Waals surface area contributed by atoms with Crippen LogP contribution in [0.25, 0.3) is 10.8 Å². The van der Waals surface area contributed by atoms with Gasteiger partial charge in [0.1, 0.15) is 5.75 Å². The van der Waals surface area contributed by atoms with Gasteiger partial charge < -0.3 is 4.74 Å². The summed E-state index contributed by atoms with van der Waals surface area (Å²) in [6.07, 6.45) is -0.637. The van der Waals surface area contributed by atoms with E-state index in [1.807, 2.05) is 49.4 Å². The Labute approximate surface area is 148 Å². The fourth-order valence-electron chi connectivity index (χ4n) is 2.19. The number of carbonyl (C=O) groups excluding carboxylic acids is 1. The molecule has 5 nitrogen and oxygen atoms in total. The summed E-state index contributed by atoms with van der Waals surface area (Å²) in [5.74, 6) is 1.37. The molecule has 0 spiro atoms. The number of amides is 1. The number of carbonyl (C=O) groups is 1. The summed E-state index contributed by atoms with van der Waals surface area (Å²) in [6.45, 7) is 3.77. The van der Waals surface area contributed by atoms with Gasteiger partial charge in [0, 0.05) is 5.39 Å². The van der Waals surface area contributed by atoms with Crippen molar-refractivity contribution < 1.29 is 9.53 Å². The molecule has 1 aromatic heterocycles. The zero-order valence-corrected chi connectivity index (χ0v) is 15.0. The van der Waals surface area contributed by atoms with Gasteiger partial charge in [-0.2, -0.15) is 0 Å². The van der Waals surface area contributed by atoms with Crippen LogP contribution in [0.1, 0.15) is 13.8 Å². The average molecular weight is 359 g/mol. The number of nitrogens with one attached hydrogen (secondary N) is 1. The Hall–Kier alpha value is -2.12. The van der Waals surface area contributed by atoms with Crippen LogP contribution in [-0.4, -0.2) is 28.0 Å². The number of fused-ring (bicyclic) bond motifs is 1. The van der Waals surface area contributed by atoms with E-state index < -0.39 is 6.10 Å². The first-order valence-electron chi connectivity index (χ1n) is 7.59. The number of aromatic nitrogens is 2. The zero-order chi connectivity index (χ0) is 16.9. The van der Waals surface area contributed by atoms with Crippen molar-refractivity contribution in [3.8, 4) is 5.75 Å². The molecule has 1 unspecified atom stereocenters. The first-order chi connectivity index (χ1) is 11.7. The van der Waals surface area contributed by atoms with Gasteiger partial charge in [0.05, 0.1) is 0 Å². The van der Waals surface area contributed by atoms with Gasteiger partial charge in [-0.25, -0.2) is 0 Å². The van der Waals surface area contributed by atoms with Crippen molar-refractivity contribution in [1.82, 2.24) is 10.2 Å². The summed E-state index contributed by atoms with van der Waals surface area (Å²) >= 11 is 2.96. The third-order valence-electron chi connectivity index (χ3n) is 3.33. The van der Waals surface area contributed by atoms with Crippen molar-refractivity contribution in [1.29, 1.82) is 0 Å². The number of benzene rings is 2. The van der Waals surface area contributed by atoms with Crippen LogP contribution >= 0.6 is 23.1 Å². The smallest absolute Gasteiger partial charge is 0.266 e. The lowest BCUT2D eigenvalue weighted by molar-refractivity contribution is -0.122. The molecular weight excluding hydrogens is 342 g/mol. The summed E-state index contributed by atoms with van der Waals surface area (Å²) in [5, 5.41) is 13.3. The first kappa shape index (κ1) is 16.7. The van der Waals surface area contributed by atoms with E-state index in [9.17, 15) is 4.79 Å². The van der Waals surface area contributed by atoms with E-state index in [-0.39, 0.29) is 5.91 Å².